The number of amides is 1. The maximum atomic E-state index is 12.6. The van der Waals surface area contributed by atoms with Gasteiger partial charge in [0.05, 0.1) is 17.9 Å². The number of benzene rings is 1. The van der Waals surface area contributed by atoms with Gasteiger partial charge in [-0.05, 0) is 49.5 Å². The predicted molar refractivity (Wildman–Crippen MR) is 98.8 cm³/mol. The van der Waals surface area contributed by atoms with Crippen LogP contribution in [0, 0.1) is 5.92 Å². The number of hydrogen-bond acceptors (Lipinski definition) is 7. The minimum Gasteiger partial charge on any atom is -0.336 e. The van der Waals surface area contributed by atoms with Crippen LogP contribution in [0.4, 0.5) is 0 Å². The maximum Gasteiger partial charge on any atom is 0.276 e. The molecular weight excluding hydrogens is 350 g/mol. The molecule has 9 heteroatoms. The van der Waals surface area contributed by atoms with Crippen LogP contribution in [0.2, 0.25) is 0 Å². The van der Waals surface area contributed by atoms with Crippen molar-refractivity contribution >= 4 is 28.7 Å². The second kappa shape index (κ2) is 7.46. The van der Waals surface area contributed by atoms with Crippen molar-refractivity contribution in [1.82, 2.24) is 34.0 Å². The molecular formula is C17H21N7OS. The van der Waals surface area contributed by atoms with E-state index in [-0.39, 0.29) is 5.91 Å². The average Bonchev–Trinajstić information content (AvgIpc) is 3.31. The molecule has 0 bridgehead atoms. The first-order valence-corrected chi connectivity index (χ1v) is 9.49. The third kappa shape index (κ3) is 3.73. The summed E-state index contributed by atoms with van der Waals surface area (Å²) in [5, 5.41) is 11.6. The van der Waals surface area contributed by atoms with Gasteiger partial charge in [-0.25, -0.2) is 0 Å². The van der Waals surface area contributed by atoms with E-state index in [2.05, 4.69) is 24.4 Å². The molecule has 3 aromatic rings. The highest BCUT2D eigenvalue weighted by Crippen LogP contribution is 2.16. The molecule has 1 saturated heterocycles. The van der Waals surface area contributed by atoms with Crippen LogP contribution >= 0.6 is 11.7 Å². The Kier molecular flexibility index (Phi) is 4.89. The lowest BCUT2D eigenvalue weighted by Crippen LogP contribution is -2.32. The molecule has 2 aromatic heterocycles. The summed E-state index contributed by atoms with van der Waals surface area (Å²) < 4.78 is 10.2. The van der Waals surface area contributed by atoms with E-state index in [0.29, 0.717) is 18.2 Å². The average molecular weight is 371 g/mol. The molecule has 1 amide bonds. The third-order valence-electron chi connectivity index (χ3n) is 4.69. The molecule has 1 N–H and O–H groups in total. The molecule has 1 atom stereocenters. The van der Waals surface area contributed by atoms with Gasteiger partial charge >= 0.3 is 0 Å². The number of piperidine rings is 1. The largest absolute Gasteiger partial charge is 0.336 e. The molecule has 0 radical (unpaired) electrons. The number of nitrogens with one attached hydrogen (secondary N) is 1. The number of carbonyl (C=O) groups excluding carboxylic acids is 1. The molecule has 1 unspecified atom stereocenters. The standard InChI is InChI=1S/C17H21N7OS/c1-23(9-12-4-5-14-15(7-12)21-26-20-14)17(25)16-11-24(22-19-16)10-13-3-2-6-18-8-13/h4-5,7,11,13,18H,2-3,6,8-10H2,1H3. The molecule has 0 spiro atoms. The number of aromatic nitrogens is 5. The predicted octanol–water partition coefficient (Wildman–Crippen LogP) is 1.55. The highest BCUT2D eigenvalue weighted by atomic mass is 32.1. The van der Waals surface area contributed by atoms with Crippen molar-refractivity contribution in [1.29, 1.82) is 0 Å². The summed E-state index contributed by atoms with van der Waals surface area (Å²) in [6.07, 6.45) is 4.12. The summed E-state index contributed by atoms with van der Waals surface area (Å²) in [5.74, 6) is 0.416. The molecule has 1 aliphatic rings. The van der Waals surface area contributed by atoms with Crippen LogP contribution in [0.1, 0.15) is 28.9 Å². The van der Waals surface area contributed by atoms with E-state index < -0.39 is 0 Å². The van der Waals surface area contributed by atoms with Gasteiger partial charge in [0, 0.05) is 20.1 Å². The Morgan fingerprint density at radius 3 is 3.12 bits per heavy atom. The number of hydrogen-bond donors (Lipinski definition) is 1. The molecule has 136 valence electrons. The lowest BCUT2D eigenvalue weighted by Gasteiger charge is -2.22. The number of fused-ring (bicyclic) bond motifs is 1. The topological polar surface area (TPSA) is 88.8 Å². The fraction of sp³-hybridized carbons (Fsp3) is 0.471. The minimum absolute atomic E-state index is 0.130. The lowest BCUT2D eigenvalue weighted by atomic mass is 10.00. The van der Waals surface area contributed by atoms with E-state index in [4.69, 9.17) is 0 Å². The Hall–Kier alpha value is -2.39. The zero-order valence-electron chi connectivity index (χ0n) is 14.6. The van der Waals surface area contributed by atoms with Gasteiger partial charge in [-0.2, -0.15) is 8.75 Å². The summed E-state index contributed by atoms with van der Waals surface area (Å²) in [6, 6.07) is 5.87. The molecule has 8 nitrogen and oxygen atoms in total. The summed E-state index contributed by atoms with van der Waals surface area (Å²) in [7, 11) is 1.77. The van der Waals surface area contributed by atoms with Crippen LogP contribution in [0.3, 0.4) is 0 Å². The van der Waals surface area contributed by atoms with Crippen molar-refractivity contribution in [2.45, 2.75) is 25.9 Å². The fourth-order valence-corrected chi connectivity index (χ4v) is 3.81. The van der Waals surface area contributed by atoms with Crippen molar-refractivity contribution in [3.05, 3.63) is 35.7 Å². The molecule has 1 aliphatic heterocycles. The van der Waals surface area contributed by atoms with Crippen molar-refractivity contribution in [2.75, 3.05) is 20.1 Å². The van der Waals surface area contributed by atoms with Gasteiger partial charge in [0.2, 0.25) is 0 Å². The molecule has 0 saturated carbocycles. The van der Waals surface area contributed by atoms with Crippen molar-refractivity contribution in [3.63, 3.8) is 0 Å². The van der Waals surface area contributed by atoms with Crippen LogP contribution in [-0.2, 0) is 13.1 Å². The highest BCUT2D eigenvalue weighted by molar-refractivity contribution is 7.00. The first-order chi connectivity index (χ1) is 12.7. The van der Waals surface area contributed by atoms with Crippen molar-refractivity contribution < 1.29 is 4.79 Å². The Balaban J connectivity index is 1.39. The van der Waals surface area contributed by atoms with Crippen molar-refractivity contribution in [2.24, 2.45) is 5.92 Å². The number of carbonyl (C=O) groups is 1. The zero-order chi connectivity index (χ0) is 17.9. The quantitative estimate of drug-likeness (QED) is 0.732. The normalized spacial score (nSPS) is 17.5. The number of nitrogens with zero attached hydrogens (tertiary/aromatic N) is 6. The summed E-state index contributed by atoms with van der Waals surface area (Å²) in [4.78, 5) is 14.3. The minimum atomic E-state index is -0.130. The van der Waals surface area contributed by atoms with Gasteiger partial charge in [-0.1, -0.05) is 11.3 Å². The van der Waals surface area contributed by atoms with Crippen LogP contribution in [-0.4, -0.2) is 54.7 Å². The Morgan fingerprint density at radius 1 is 1.38 bits per heavy atom. The summed E-state index contributed by atoms with van der Waals surface area (Å²) >= 11 is 1.19. The van der Waals surface area contributed by atoms with E-state index in [0.717, 1.165) is 36.2 Å². The number of rotatable bonds is 5. The maximum absolute atomic E-state index is 12.6. The fourth-order valence-electron chi connectivity index (χ4n) is 3.30. The van der Waals surface area contributed by atoms with Gasteiger partial charge in [-0.3, -0.25) is 9.48 Å². The molecule has 1 aromatic carbocycles. The Bertz CT molecular complexity index is 899. The first kappa shape index (κ1) is 17.0. The second-order valence-electron chi connectivity index (χ2n) is 6.79. The smallest absolute Gasteiger partial charge is 0.276 e. The van der Waals surface area contributed by atoms with Gasteiger partial charge in [-0.15, -0.1) is 5.10 Å². The van der Waals surface area contributed by atoms with Gasteiger partial charge in [0.15, 0.2) is 5.69 Å². The highest BCUT2D eigenvalue weighted by Gasteiger charge is 2.19. The second-order valence-corrected chi connectivity index (χ2v) is 7.32. The van der Waals surface area contributed by atoms with Gasteiger partial charge in [0.1, 0.15) is 11.0 Å². The monoisotopic (exact) mass is 371 g/mol. The van der Waals surface area contributed by atoms with E-state index in [1.54, 1.807) is 22.8 Å². The molecule has 3 heterocycles. The first-order valence-electron chi connectivity index (χ1n) is 8.76. The van der Waals surface area contributed by atoms with Crippen LogP contribution in [0.25, 0.3) is 11.0 Å². The zero-order valence-corrected chi connectivity index (χ0v) is 15.4. The van der Waals surface area contributed by atoms with E-state index in [9.17, 15) is 4.79 Å². The molecule has 4 rings (SSSR count). The van der Waals surface area contributed by atoms with Crippen molar-refractivity contribution in [3.8, 4) is 0 Å². The summed E-state index contributed by atoms with van der Waals surface area (Å²) in [6.45, 7) is 3.37. The summed E-state index contributed by atoms with van der Waals surface area (Å²) in [5.41, 5.74) is 3.14. The molecule has 0 aliphatic carbocycles. The Morgan fingerprint density at radius 2 is 2.27 bits per heavy atom. The molecule has 26 heavy (non-hydrogen) atoms. The van der Waals surface area contributed by atoms with Crippen LogP contribution in [0.15, 0.2) is 24.4 Å². The van der Waals surface area contributed by atoms with Crippen LogP contribution in [0.5, 0.6) is 0 Å². The van der Waals surface area contributed by atoms with Crippen LogP contribution < -0.4 is 5.32 Å². The van der Waals surface area contributed by atoms with E-state index in [1.165, 1.54) is 24.6 Å². The Labute approximate surface area is 155 Å². The third-order valence-corrected chi connectivity index (χ3v) is 5.24. The lowest BCUT2D eigenvalue weighted by molar-refractivity contribution is 0.0779. The van der Waals surface area contributed by atoms with Gasteiger partial charge < -0.3 is 10.2 Å². The SMILES string of the molecule is CN(Cc1ccc2nsnc2c1)C(=O)c1cn(CC2CCCNC2)nn1. The van der Waals surface area contributed by atoms with E-state index >= 15 is 0 Å². The van der Waals surface area contributed by atoms with Gasteiger partial charge in [0.25, 0.3) is 5.91 Å². The molecule has 1 fully saturated rings. The van der Waals surface area contributed by atoms with E-state index in [1.807, 2.05) is 18.2 Å².